The molecular weight excluding hydrogens is 454 g/mol. The van der Waals surface area contributed by atoms with Crippen LogP contribution in [0.3, 0.4) is 0 Å². The Morgan fingerprint density at radius 2 is 1.76 bits per heavy atom. The van der Waals surface area contributed by atoms with E-state index in [0.29, 0.717) is 23.1 Å². The SMILES string of the molecule is CN(C(=O)CSc1nc(-c2ccccc2)nc2c1Cc1cc(Cl)ccc1O2)c1ccccc1. The molecule has 164 valence electrons. The fraction of sp³-hybridized carbons (Fsp3) is 0.115. The van der Waals surface area contributed by atoms with Gasteiger partial charge in [0.2, 0.25) is 11.8 Å². The van der Waals surface area contributed by atoms with E-state index < -0.39 is 0 Å². The number of rotatable bonds is 5. The third-order valence-electron chi connectivity index (χ3n) is 5.41. The molecule has 1 aliphatic rings. The molecule has 0 N–H and O–H groups in total. The molecule has 3 aromatic carbocycles. The second kappa shape index (κ2) is 9.25. The molecule has 0 bridgehead atoms. The lowest BCUT2D eigenvalue weighted by molar-refractivity contribution is -0.115. The number of hydrogen-bond donors (Lipinski definition) is 0. The van der Waals surface area contributed by atoms with Gasteiger partial charge in [0.1, 0.15) is 10.8 Å². The van der Waals surface area contributed by atoms with Gasteiger partial charge >= 0.3 is 0 Å². The fourth-order valence-electron chi connectivity index (χ4n) is 3.62. The quantitative estimate of drug-likeness (QED) is 0.223. The molecule has 1 amide bonds. The van der Waals surface area contributed by atoms with Gasteiger partial charge in [0.15, 0.2) is 5.82 Å². The van der Waals surface area contributed by atoms with Gasteiger partial charge in [0, 0.05) is 35.3 Å². The van der Waals surface area contributed by atoms with Crippen LogP contribution in [0.1, 0.15) is 11.1 Å². The summed E-state index contributed by atoms with van der Waals surface area (Å²) in [5.74, 6) is 2.05. The number of carbonyl (C=O) groups is 1. The lowest BCUT2D eigenvalue weighted by atomic mass is 10.0. The summed E-state index contributed by atoms with van der Waals surface area (Å²) in [6.07, 6.45) is 0.589. The maximum atomic E-state index is 12.9. The van der Waals surface area contributed by atoms with Crippen LogP contribution in [0, 0.1) is 0 Å². The van der Waals surface area contributed by atoms with Gasteiger partial charge in [-0.1, -0.05) is 71.9 Å². The number of benzene rings is 3. The maximum absolute atomic E-state index is 12.9. The first-order chi connectivity index (χ1) is 16.1. The van der Waals surface area contributed by atoms with Gasteiger partial charge in [0.25, 0.3) is 0 Å². The molecular formula is C26H20ClN3O2S. The number of carbonyl (C=O) groups excluding carboxylic acids is 1. The zero-order valence-electron chi connectivity index (χ0n) is 17.9. The molecule has 5 nitrogen and oxygen atoms in total. The lowest BCUT2D eigenvalue weighted by Gasteiger charge is -2.22. The molecule has 5 rings (SSSR count). The predicted molar refractivity (Wildman–Crippen MR) is 132 cm³/mol. The minimum absolute atomic E-state index is 0.0139. The zero-order valence-corrected chi connectivity index (χ0v) is 19.4. The summed E-state index contributed by atoms with van der Waals surface area (Å²) in [5, 5.41) is 1.38. The van der Waals surface area contributed by atoms with Crippen LogP contribution in [0.5, 0.6) is 11.6 Å². The van der Waals surface area contributed by atoms with Gasteiger partial charge in [-0.25, -0.2) is 4.98 Å². The first-order valence-corrected chi connectivity index (χ1v) is 11.8. The van der Waals surface area contributed by atoms with Crippen molar-refractivity contribution in [2.75, 3.05) is 17.7 Å². The van der Waals surface area contributed by atoms with E-state index in [1.807, 2.05) is 72.8 Å². The third kappa shape index (κ3) is 4.58. The Bertz CT molecular complexity index is 1320. The van der Waals surface area contributed by atoms with Crippen molar-refractivity contribution < 1.29 is 9.53 Å². The number of aromatic nitrogens is 2. The Balaban J connectivity index is 1.47. The van der Waals surface area contributed by atoms with Gasteiger partial charge in [0.05, 0.1) is 11.3 Å². The molecule has 0 unspecified atom stereocenters. The molecule has 1 aromatic heterocycles. The monoisotopic (exact) mass is 473 g/mol. The Hall–Kier alpha value is -3.35. The lowest BCUT2D eigenvalue weighted by Crippen LogP contribution is -2.28. The van der Waals surface area contributed by atoms with Gasteiger partial charge in [-0.2, -0.15) is 4.98 Å². The molecule has 0 saturated heterocycles. The molecule has 0 aliphatic carbocycles. The normalized spacial score (nSPS) is 11.8. The average Bonchev–Trinajstić information content (AvgIpc) is 2.86. The summed E-state index contributed by atoms with van der Waals surface area (Å²) in [7, 11) is 1.78. The van der Waals surface area contributed by atoms with Gasteiger partial charge in [-0.15, -0.1) is 0 Å². The van der Waals surface area contributed by atoms with Crippen LogP contribution in [0.15, 0.2) is 83.9 Å². The molecule has 0 radical (unpaired) electrons. The molecule has 7 heteroatoms. The number of hydrogen-bond acceptors (Lipinski definition) is 5. The number of anilines is 1. The summed E-state index contributed by atoms with van der Waals surface area (Å²) in [6.45, 7) is 0. The smallest absolute Gasteiger partial charge is 0.237 e. The number of halogens is 1. The molecule has 2 heterocycles. The van der Waals surface area contributed by atoms with Crippen LogP contribution in [0.2, 0.25) is 5.02 Å². The van der Waals surface area contributed by atoms with E-state index in [2.05, 4.69) is 0 Å². The Labute approximate surface area is 201 Å². The van der Waals surface area contributed by atoms with E-state index in [1.54, 1.807) is 18.0 Å². The van der Waals surface area contributed by atoms with E-state index in [1.165, 1.54) is 11.8 Å². The Kier molecular flexibility index (Phi) is 6.03. The van der Waals surface area contributed by atoms with Crippen molar-refractivity contribution >= 4 is 35.0 Å². The van der Waals surface area contributed by atoms with Crippen molar-refractivity contribution in [3.8, 4) is 23.0 Å². The van der Waals surface area contributed by atoms with Crippen LogP contribution in [0.4, 0.5) is 5.69 Å². The molecule has 33 heavy (non-hydrogen) atoms. The molecule has 1 aliphatic heterocycles. The number of fused-ring (bicyclic) bond motifs is 2. The highest BCUT2D eigenvalue weighted by atomic mass is 35.5. The number of para-hydroxylation sites is 1. The van der Waals surface area contributed by atoms with E-state index in [-0.39, 0.29) is 11.7 Å². The van der Waals surface area contributed by atoms with Crippen molar-refractivity contribution in [2.24, 2.45) is 0 Å². The van der Waals surface area contributed by atoms with Gasteiger partial charge in [-0.3, -0.25) is 4.79 Å². The van der Waals surface area contributed by atoms with Crippen molar-refractivity contribution in [1.82, 2.24) is 9.97 Å². The first kappa shape index (κ1) is 21.5. The van der Waals surface area contributed by atoms with Crippen LogP contribution >= 0.6 is 23.4 Å². The van der Waals surface area contributed by atoms with E-state index in [0.717, 1.165) is 33.2 Å². The predicted octanol–water partition coefficient (Wildman–Crippen LogP) is 6.25. The van der Waals surface area contributed by atoms with E-state index in [4.69, 9.17) is 26.3 Å². The number of thioether (sulfide) groups is 1. The highest BCUT2D eigenvalue weighted by Gasteiger charge is 2.25. The van der Waals surface area contributed by atoms with Crippen molar-refractivity contribution in [3.63, 3.8) is 0 Å². The summed E-state index contributed by atoms with van der Waals surface area (Å²) in [4.78, 5) is 24.1. The zero-order chi connectivity index (χ0) is 22.8. The number of nitrogens with zero attached hydrogens (tertiary/aromatic N) is 3. The fourth-order valence-corrected chi connectivity index (χ4v) is 4.75. The Morgan fingerprint density at radius 1 is 1.03 bits per heavy atom. The van der Waals surface area contributed by atoms with Crippen molar-refractivity contribution in [1.29, 1.82) is 0 Å². The summed E-state index contributed by atoms with van der Waals surface area (Å²) in [5.41, 5.74) is 3.58. The number of amides is 1. The highest BCUT2D eigenvalue weighted by Crippen LogP contribution is 2.41. The van der Waals surface area contributed by atoms with Crippen molar-refractivity contribution in [2.45, 2.75) is 11.4 Å². The van der Waals surface area contributed by atoms with Crippen LogP contribution in [-0.4, -0.2) is 28.7 Å². The highest BCUT2D eigenvalue weighted by molar-refractivity contribution is 8.00. The van der Waals surface area contributed by atoms with Gasteiger partial charge < -0.3 is 9.64 Å². The van der Waals surface area contributed by atoms with Crippen LogP contribution < -0.4 is 9.64 Å². The first-order valence-electron chi connectivity index (χ1n) is 10.5. The minimum Gasteiger partial charge on any atom is -0.438 e. The van der Waals surface area contributed by atoms with Gasteiger partial charge in [-0.05, 0) is 30.3 Å². The molecule has 4 aromatic rings. The summed E-state index contributed by atoms with van der Waals surface area (Å²) in [6, 6.07) is 24.9. The van der Waals surface area contributed by atoms with E-state index in [9.17, 15) is 4.79 Å². The number of ether oxygens (including phenoxy) is 1. The largest absolute Gasteiger partial charge is 0.438 e. The standard InChI is InChI=1S/C26H20ClN3O2S/c1-30(20-10-6-3-7-11-20)23(31)16-33-26-21-15-18-14-19(27)12-13-22(18)32-25(21)28-24(29-26)17-8-4-2-5-9-17/h2-14H,15-16H2,1H3. The van der Waals surface area contributed by atoms with Crippen LogP contribution in [0.25, 0.3) is 11.4 Å². The van der Waals surface area contributed by atoms with Crippen LogP contribution in [-0.2, 0) is 11.2 Å². The van der Waals surface area contributed by atoms with Crippen molar-refractivity contribution in [3.05, 3.63) is 95.0 Å². The second-order valence-electron chi connectivity index (χ2n) is 7.61. The molecule has 0 saturated carbocycles. The minimum atomic E-state index is -0.0139. The molecule has 0 fully saturated rings. The third-order valence-corrected chi connectivity index (χ3v) is 6.65. The summed E-state index contributed by atoms with van der Waals surface area (Å²) < 4.78 is 6.14. The maximum Gasteiger partial charge on any atom is 0.237 e. The second-order valence-corrected chi connectivity index (χ2v) is 9.01. The average molecular weight is 474 g/mol. The summed E-state index contributed by atoms with van der Waals surface area (Å²) >= 11 is 7.60. The molecule has 0 atom stereocenters. The topological polar surface area (TPSA) is 55.3 Å². The van der Waals surface area contributed by atoms with E-state index >= 15 is 0 Å². The Morgan fingerprint density at radius 3 is 2.52 bits per heavy atom. The molecule has 0 spiro atoms.